The number of carbonyl (C=O) groups is 1. The number of ether oxygens (including phenoxy) is 1. The van der Waals surface area contributed by atoms with Gasteiger partial charge in [-0.05, 0) is 25.2 Å². The second kappa shape index (κ2) is 4.45. The first-order valence-corrected chi connectivity index (χ1v) is 4.53. The van der Waals surface area contributed by atoms with Crippen LogP contribution in [0, 0.1) is 5.92 Å². The first-order valence-electron chi connectivity index (χ1n) is 4.53. The van der Waals surface area contributed by atoms with Gasteiger partial charge in [-0.1, -0.05) is 6.42 Å². The summed E-state index contributed by atoms with van der Waals surface area (Å²) < 4.78 is 5.25. The van der Waals surface area contributed by atoms with Crippen molar-refractivity contribution in [3.63, 3.8) is 0 Å². The molecule has 1 aliphatic rings. The lowest BCUT2D eigenvalue weighted by Gasteiger charge is -2.27. The maximum Gasteiger partial charge on any atom is 0.217 e. The van der Waals surface area contributed by atoms with Gasteiger partial charge in [-0.25, -0.2) is 0 Å². The average Bonchev–Trinajstić information content (AvgIpc) is 2.03. The molecule has 70 valence electrons. The summed E-state index contributed by atoms with van der Waals surface area (Å²) in [6.45, 7) is 0. The van der Waals surface area contributed by atoms with Crippen LogP contribution in [0.3, 0.4) is 0 Å². The second-order valence-electron chi connectivity index (χ2n) is 3.56. The zero-order valence-corrected chi connectivity index (χ0v) is 7.58. The van der Waals surface area contributed by atoms with Crippen molar-refractivity contribution in [2.75, 3.05) is 7.11 Å². The normalized spacial score (nSPS) is 30.1. The summed E-state index contributed by atoms with van der Waals surface area (Å²) in [6, 6.07) is 0. The van der Waals surface area contributed by atoms with Gasteiger partial charge in [-0.15, -0.1) is 0 Å². The predicted molar refractivity (Wildman–Crippen MR) is 46.6 cm³/mol. The molecule has 1 fully saturated rings. The minimum atomic E-state index is -0.184. The van der Waals surface area contributed by atoms with Gasteiger partial charge in [-0.2, -0.15) is 0 Å². The van der Waals surface area contributed by atoms with E-state index in [2.05, 4.69) is 0 Å². The van der Waals surface area contributed by atoms with E-state index in [4.69, 9.17) is 10.5 Å². The van der Waals surface area contributed by atoms with Gasteiger partial charge in [0.15, 0.2) is 0 Å². The van der Waals surface area contributed by atoms with Crippen molar-refractivity contribution < 1.29 is 9.53 Å². The zero-order valence-electron chi connectivity index (χ0n) is 7.58. The number of hydrogen-bond donors (Lipinski definition) is 1. The van der Waals surface area contributed by atoms with Gasteiger partial charge in [0.2, 0.25) is 5.91 Å². The van der Waals surface area contributed by atoms with Crippen LogP contribution >= 0.6 is 0 Å². The molecule has 0 radical (unpaired) electrons. The molecule has 1 rings (SSSR count). The standard InChI is InChI=1S/C9H17NO2/c1-12-8-4-2-3-7(5-8)6-9(10)11/h7-8H,2-6H2,1H3,(H2,10,11). The third kappa shape index (κ3) is 2.81. The number of rotatable bonds is 3. The molecule has 3 nitrogen and oxygen atoms in total. The Morgan fingerprint density at radius 2 is 2.33 bits per heavy atom. The zero-order chi connectivity index (χ0) is 8.97. The molecule has 0 aliphatic heterocycles. The Kier molecular flexibility index (Phi) is 3.53. The van der Waals surface area contributed by atoms with Gasteiger partial charge in [0.25, 0.3) is 0 Å². The van der Waals surface area contributed by atoms with Crippen molar-refractivity contribution in [3.05, 3.63) is 0 Å². The molecule has 2 unspecified atom stereocenters. The van der Waals surface area contributed by atoms with Crippen LogP contribution in [0.25, 0.3) is 0 Å². The predicted octanol–water partition coefficient (Wildman–Crippen LogP) is 1.07. The van der Waals surface area contributed by atoms with Gasteiger partial charge in [0.1, 0.15) is 0 Å². The summed E-state index contributed by atoms with van der Waals surface area (Å²) in [5.41, 5.74) is 5.13. The summed E-state index contributed by atoms with van der Waals surface area (Å²) in [7, 11) is 1.73. The Morgan fingerprint density at radius 1 is 1.58 bits per heavy atom. The van der Waals surface area contributed by atoms with Gasteiger partial charge in [-0.3, -0.25) is 4.79 Å². The molecule has 0 heterocycles. The number of hydrogen-bond acceptors (Lipinski definition) is 2. The van der Waals surface area contributed by atoms with E-state index in [1.807, 2.05) is 0 Å². The van der Waals surface area contributed by atoms with Crippen LogP contribution in [-0.2, 0) is 9.53 Å². The maximum absolute atomic E-state index is 10.6. The molecule has 0 aromatic rings. The SMILES string of the molecule is COC1CCCC(CC(N)=O)C1. The Morgan fingerprint density at radius 3 is 2.92 bits per heavy atom. The quantitative estimate of drug-likeness (QED) is 0.690. The summed E-state index contributed by atoms with van der Waals surface area (Å²) in [5.74, 6) is 0.276. The van der Waals surface area contributed by atoms with E-state index in [9.17, 15) is 4.79 Å². The van der Waals surface area contributed by atoms with E-state index in [1.165, 1.54) is 0 Å². The van der Waals surface area contributed by atoms with Gasteiger partial charge in [0, 0.05) is 13.5 Å². The van der Waals surface area contributed by atoms with Crippen LogP contribution in [0.2, 0.25) is 0 Å². The van der Waals surface area contributed by atoms with Crippen molar-refractivity contribution in [1.82, 2.24) is 0 Å². The molecule has 0 aromatic heterocycles. The molecule has 12 heavy (non-hydrogen) atoms. The summed E-state index contributed by atoms with van der Waals surface area (Å²) in [5, 5.41) is 0. The molecule has 0 saturated heterocycles. The third-order valence-electron chi connectivity index (χ3n) is 2.56. The number of amides is 1. The lowest BCUT2D eigenvalue weighted by Crippen LogP contribution is -2.25. The highest BCUT2D eigenvalue weighted by molar-refractivity contribution is 5.73. The Balaban J connectivity index is 2.30. The number of primary amides is 1. The van der Waals surface area contributed by atoms with Crippen molar-refractivity contribution in [2.45, 2.75) is 38.2 Å². The Bertz CT molecular complexity index is 159. The van der Waals surface area contributed by atoms with Crippen LogP contribution < -0.4 is 5.73 Å². The molecule has 1 amide bonds. The van der Waals surface area contributed by atoms with Crippen LogP contribution in [0.5, 0.6) is 0 Å². The number of methoxy groups -OCH3 is 1. The van der Waals surface area contributed by atoms with Gasteiger partial charge >= 0.3 is 0 Å². The minimum Gasteiger partial charge on any atom is -0.381 e. The van der Waals surface area contributed by atoms with Gasteiger partial charge < -0.3 is 10.5 Å². The second-order valence-corrected chi connectivity index (χ2v) is 3.56. The highest BCUT2D eigenvalue weighted by Gasteiger charge is 2.22. The van der Waals surface area contributed by atoms with E-state index in [1.54, 1.807) is 7.11 Å². The van der Waals surface area contributed by atoms with Crippen LogP contribution in [-0.4, -0.2) is 19.1 Å². The lowest BCUT2D eigenvalue weighted by molar-refractivity contribution is -0.119. The topological polar surface area (TPSA) is 52.3 Å². The minimum absolute atomic E-state index is 0.184. The van der Waals surface area contributed by atoms with Crippen LogP contribution in [0.1, 0.15) is 32.1 Å². The summed E-state index contributed by atoms with van der Waals surface area (Å²) in [6.07, 6.45) is 5.30. The first kappa shape index (κ1) is 9.52. The third-order valence-corrected chi connectivity index (χ3v) is 2.56. The molecular formula is C9H17NO2. The molecule has 0 spiro atoms. The highest BCUT2D eigenvalue weighted by atomic mass is 16.5. The van der Waals surface area contributed by atoms with E-state index in [0.29, 0.717) is 18.4 Å². The Hall–Kier alpha value is -0.570. The lowest BCUT2D eigenvalue weighted by atomic mass is 9.85. The Labute approximate surface area is 73.3 Å². The van der Waals surface area contributed by atoms with E-state index in [0.717, 1.165) is 25.7 Å². The first-order chi connectivity index (χ1) is 5.72. The summed E-state index contributed by atoms with van der Waals surface area (Å²) >= 11 is 0. The molecule has 2 atom stereocenters. The van der Waals surface area contributed by atoms with Crippen LogP contribution in [0.4, 0.5) is 0 Å². The number of nitrogens with two attached hydrogens (primary N) is 1. The van der Waals surface area contributed by atoms with Crippen molar-refractivity contribution in [1.29, 1.82) is 0 Å². The van der Waals surface area contributed by atoms with Crippen molar-refractivity contribution in [3.8, 4) is 0 Å². The van der Waals surface area contributed by atoms with E-state index < -0.39 is 0 Å². The fraction of sp³-hybridized carbons (Fsp3) is 0.889. The van der Waals surface area contributed by atoms with Crippen LogP contribution in [0.15, 0.2) is 0 Å². The monoisotopic (exact) mass is 171 g/mol. The summed E-state index contributed by atoms with van der Waals surface area (Å²) in [4.78, 5) is 10.6. The largest absolute Gasteiger partial charge is 0.381 e. The van der Waals surface area contributed by atoms with Gasteiger partial charge in [0.05, 0.1) is 6.10 Å². The molecule has 1 aliphatic carbocycles. The molecule has 3 heteroatoms. The average molecular weight is 171 g/mol. The van der Waals surface area contributed by atoms with E-state index in [-0.39, 0.29) is 5.91 Å². The molecule has 0 bridgehead atoms. The maximum atomic E-state index is 10.6. The molecule has 0 aromatic carbocycles. The van der Waals surface area contributed by atoms with Crippen molar-refractivity contribution >= 4 is 5.91 Å². The van der Waals surface area contributed by atoms with Crippen molar-refractivity contribution in [2.24, 2.45) is 11.7 Å². The fourth-order valence-corrected chi connectivity index (χ4v) is 1.93. The number of carbonyl (C=O) groups excluding carboxylic acids is 1. The fourth-order valence-electron chi connectivity index (χ4n) is 1.93. The smallest absolute Gasteiger partial charge is 0.217 e. The molecule has 1 saturated carbocycles. The highest BCUT2D eigenvalue weighted by Crippen LogP contribution is 2.27. The van der Waals surface area contributed by atoms with E-state index >= 15 is 0 Å². The molecular weight excluding hydrogens is 154 g/mol. The molecule has 2 N–H and O–H groups in total.